The van der Waals surface area contributed by atoms with Crippen molar-refractivity contribution in [3.8, 4) is 0 Å². The van der Waals surface area contributed by atoms with Crippen molar-refractivity contribution >= 4 is 11.6 Å². The van der Waals surface area contributed by atoms with Gasteiger partial charge in [-0.25, -0.2) is 0 Å². The smallest absolute Gasteiger partial charge is 0.287 e. The van der Waals surface area contributed by atoms with Crippen LogP contribution < -0.4 is 0 Å². The quantitative estimate of drug-likeness (QED) is 0.647. The number of aryl methyl sites for hydroxylation is 1. The van der Waals surface area contributed by atoms with E-state index in [1.165, 1.54) is 16.8 Å². The molecule has 2 heterocycles. The zero-order chi connectivity index (χ0) is 14.0. The summed E-state index contributed by atoms with van der Waals surface area (Å²) in [7, 11) is 1.62. The molecule has 0 spiro atoms. The van der Waals surface area contributed by atoms with Gasteiger partial charge in [0.05, 0.1) is 11.1 Å². The van der Waals surface area contributed by atoms with Crippen molar-refractivity contribution in [2.75, 3.05) is 19.7 Å². The fourth-order valence-corrected chi connectivity index (χ4v) is 2.42. The Morgan fingerprint density at radius 3 is 2.95 bits per heavy atom. The molecular weight excluding hydrogens is 250 g/mol. The second-order valence-electron chi connectivity index (χ2n) is 4.89. The van der Waals surface area contributed by atoms with Crippen LogP contribution in [0.25, 0.3) is 0 Å². The molecule has 1 amide bonds. The van der Waals surface area contributed by atoms with Crippen molar-refractivity contribution in [2.24, 2.45) is 13.0 Å². The summed E-state index contributed by atoms with van der Waals surface area (Å²) in [6.45, 7) is 1.21. The maximum absolute atomic E-state index is 12.3. The summed E-state index contributed by atoms with van der Waals surface area (Å²) in [4.78, 5) is 24.2. The first-order chi connectivity index (χ1) is 9.02. The standard InChI is InChI=1S/C12H17N3O4/c1-13-7-10(15(18)19)5-11(13)12(17)14-4-2-3-9(6-14)8-16/h5,7,9,16H,2-4,6,8H2,1H3. The third-order valence-corrected chi connectivity index (χ3v) is 3.48. The number of likely N-dealkylation sites (tertiary alicyclic amines) is 1. The third-order valence-electron chi connectivity index (χ3n) is 3.48. The van der Waals surface area contributed by atoms with Gasteiger partial charge in [0.25, 0.3) is 11.6 Å². The van der Waals surface area contributed by atoms with Crippen LogP contribution in [0.5, 0.6) is 0 Å². The minimum absolute atomic E-state index is 0.0665. The highest BCUT2D eigenvalue weighted by molar-refractivity contribution is 5.93. The lowest BCUT2D eigenvalue weighted by molar-refractivity contribution is -0.384. The lowest BCUT2D eigenvalue weighted by Crippen LogP contribution is -2.41. The highest BCUT2D eigenvalue weighted by Gasteiger charge is 2.27. The van der Waals surface area contributed by atoms with E-state index in [-0.39, 0.29) is 24.1 Å². The van der Waals surface area contributed by atoms with Gasteiger partial charge in [-0.2, -0.15) is 0 Å². The Bertz CT molecular complexity index is 497. The number of aliphatic hydroxyl groups is 1. The largest absolute Gasteiger partial charge is 0.396 e. The number of piperidine rings is 1. The van der Waals surface area contributed by atoms with Crippen LogP contribution in [0, 0.1) is 16.0 Å². The van der Waals surface area contributed by atoms with Gasteiger partial charge in [-0.15, -0.1) is 0 Å². The Labute approximate surface area is 110 Å². The summed E-state index contributed by atoms with van der Waals surface area (Å²) < 4.78 is 1.48. The van der Waals surface area contributed by atoms with Crippen molar-refractivity contribution in [2.45, 2.75) is 12.8 Å². The Morgan fingerprint density at radius 1 is 1.63 bits per heavy atom. The van der Waals surface area contributed by atoms with Gasteiger partial charge in [0.1, 0.15) is 5.69 Å². The number of carbonyl (C=O) groups is 1. The Balaban J connectivity index is 2.17. The number of amides is 1. The van der Waals surface area contributed by atoms with Crippen molar-refractivity contribution in [1.82, 2.24) is 9.47 Å². The number of nitrogens with zero attached hydrogens (tertiary/aromatic N) is 3. The topological polar surface area (TPSA) is 88.6 Å². The molecule has 7 nitrogen and oxygen atoms in total. The fraction of sp³-hybridized carbons (Fsp3) is 0.583. The molecule has 0 bridgehead atoms. The molecule has 1 saturated heterocycles. The third kappa shape index (κ3) is 2.76. The van der Waals surface area contributed by atoms with Crippen molar-refractivity contribution in [3.05, 3.63) is 28.1 Å². The molecule has 1 atom stereocenters. The lowest BCUT2D eigenvalue weighted by atomic mass is 9.99. The molecule has 1 N–H and O–H groups in total. The molecular formula is C12H17N3O4. The molecule has 1 unspecified atom stereocenters. The van der Waals surface area contributed by atoms with Gasteiger partial charge in [0.2, 0.25) is 0 Å². The number of carbonyl (C=O) groups excluding carboxylic acids is 1. The van der Waals surface area contributed by atoms with E-state index in [4.69, 9.17) is 5.11 Å². The summed E-state index contributed by atoms with van der Waals surface area (Å²) in [5, 5.41) is 19.9. The van der Waals surface area contributed by atoms with Gasteiger partial charge in [0, 0.05) is 32.8 Å². The molecule has 0 saturated carbocycles. The summed E-state index contributed by atoms with van der Waals surface area (Å²) in [5.74, 6) is -0.110. The van der Waals surface area contributed by atoms with E-state index < -0.39 is 4.92 Å². The highest BCUT2D eigenvalue weighted by atomic mass is 16.6. The number of hydrogen-bond acceptors (Lipinski definition) is 4. The van der Waals surface area contributed by atoms with Crippen LogP contribution in [0.3, 0.4) is 0 Å². The number of rotatable bonds is 3. The Hall–Kier alpha value is -1.89. The lowest BCUT2D eigenvalue weighted by Gasteiger charge is -2.31. The Morgan fingerprint density at radius 2 is 2.37 bits per heavy atom. The molecule has 1 aromatic heterocycles. The monoisotopic (exact) mass is 267 g/mol. The van der Waals surface area contributed by atoms with Crippen LogP contribution in [0.4, 0.5) is 5.69 Å². The molecule has 7 heteroatoms. The summed E-state index contributed by atoms with van der Waals surface area (Å²) in [6, 6.07) is 1.30. The highest BCUT2D eigenvalue weighted by Crippen LogP contribution is 2.21. The van der Waals surface area contributed by atoms with Gasteiger partial charge < -0.3 is 14.6 Å². The van der Waals surface area contributed by atoms with E-state index >= 15 is 0 Å². The molecule has 19 heavy (non-hydrogen) atoms. The molecule has 0 aromatic carbocycles. The Kier molecular flexibility index (Phi) is 3.84. The number of aliphatic hydroxyl groups excluding tert-OH is 1. The zero-order valence-electron chi connectivity index (χ0n) is 10.8. The van der Waals surface area contributed by atoms with E-state index in [1.807, 2.05) is 0 Å². The molecule has 1 aliphatic rings. The summed E-state index contributed by atoms with van der Waals surface area (Å²) in [5.41, 5.74) is 0.229. The summed E-state index contributed by atoms with van der Waals surface area (Å²) >= 11 is 0. The van der Waals surface area contributed by atoms with Crippen molar-refractivity contribution < 1.29 is 14.8 Å². The van der Waals surface area contributed by atoms with Gasteiger partial charge in [0.15, 0.2) is 0 Å². The van der Waals surface area contributed by atoms with Crippen LogP contribution in [0.1, 0.15) is 23.3 Å². The van der Waals surface area contributed by atoms with Crippen molar-refractivity contribution in [3.63, 3.8) is 0 Å². The molecule has 104 valence electrons. The van der Waals surface area contributed by atoms with Crippen LogP contribution >= 0.6 is 0 Å². The van der Waals surface area contributed by atoms with Gasteiger partial charge in [-0.1, -0.05) is 0 Å². The molecule has 0 radical (unpaired) electrons. The molecule has 1 fully saturated rings. The minimum atomic E-state index is -0.510. The summed E-state index contributed by atoms with van der Waals surface area (Å²) in [6.07, 6.45) is 3.09. The molecule has 1 aliphatic heterocycles. The van der Waals surface area contributed by atoms with Crippen molar-refractivity contribution in [1.29, 1.82) is 0 Å². The van der Waals surface area contributed by atoms with Crippen LogP contribution in [0.2, 0.25) is 0 Å². The average Bonchev–Trinajstić information content (AvgIpc) is 2.80. The van der Waals surface area contributed by atoms with E-state index in [0.29, 0.717) is 18.8 Å². The average molecular weight is 267 g/mol. The normalized spacial score (nSPS) is 19.5. The van der Waals surface area contributed by atoms with Gasteiger partial charge in [-0.05, 0) is 18.8 Å². The number of aromatic nitrogens is 1. The zero-order valence-corrected chi connectivity index (χ0v) is 10.8. The molecule has 1 aromatic rings. The second-order valence-corrected chi connectivity index (χ2v) is 4.89. The van der Waals surface area contributed by atoms with Crippen LogP contribution in [-0.2, 0) is 7.05 Å². The number of nitro groups is 1. The van der Waals surface area contributed by atoms with Crippen LogP contribution in [-0.4, -0.2) is 45.1 Å². The van der Waals surface area contributed by atoms with E-state index in [9.17, 15) is 14.9 Å². The first-order valence-electron chi connectivity index (χ1n) is 6.23. The molecule has 0 aliphatic carbocycles. The number of hydrogen-bond donors (Lipinski definition) is 1. The van der Waals surface area contributed by atoms with E-state index in [2.05, 4.69) is 0 Å². The van der Waals surface area contributed by atoms with Gasteiger partial charge >= 0.3 is 0 Å². The van der Waals surface area contributed by atoms with Crippen LogP contribution in [0.15, 0.2) is 12.3 Å². The SMILES string of the molecule is Cn1cc([N+](=O)[O-])cc1C(=O)N1CCCC(CO)C1. The minimum Gasteiger partial charge on any atom is -0.396 e. The maximum Gasteiger partial charge on any atom is 0.287 e. The second kappa shape index (κ2) is 5.40. The predicted molar refractivity (Wildman–Crippen MR) is 67.8 cm³/mol. The first-order valence-corrected chi connectivity index (χ1v) is 6.23. The predicted octanol–water partition coefficient (Wildman–Crippen LogP) is 0.778. The van der Waals surface area contributed by atoms with E-state index in [1.54, 1.807) is 11.9 Å². The first kappa shape index (κ1) is 13.5. The maximum atomic E-state index is 12.3. The fourth-order valence-electron chi connectivity index (χ4n) is 2.42. The molecule has 2 rings (SSSR count). The van der Waals surface area contributed by atoms with E-state index in [0.717, 1.165) is 12.8 Å². The van der Waals surface area contributed by atoms with Gasteiger partial charge in [-0.3, -0.25) is 14.9 Å².